The fourth-order valence-electron chi connectivity index (χ4n) is 5.06. The minimum absolute atomic E-state index is 0.0271. The van der Waals surface area contributed by atoms with E-state index in [2.05, 4.69) is 39.8 Å². The number of halogens is 6. The van der Waals surface area contributed by atoms with Crippen molar-refractivity contribution in [2.75, 3.05) is 0 Å². The maximum Gasteiger partial charge on any atom is 0.389 e. The van der Waals surface area contributed by atoms with Gasteiger partial charge in [0.25, 0.3) is 0 Å². The fourth-order valence-corrected chi connectivity index (χ4v) is 5.06. The van der Waals surface area contributed by atoms with Gasteiger partial charge in [-0.3, -0.25) is 0 Å². The van der Waals surface area contributed by atoms with E-state index < -0.39 is 25.2 Å². The number of hydrogen-bond acceptors (Lipinski definition) is 2. The molecule has 1 unspecified atom stereocenters. The molecule has 0 spiro atoms. The van der Waals surface area contributed by atoms with Crippen LogP contribution in [0.4, 0.5) is 26.3 Å². The molecule has 0 heterocycles. The lowest BCUT2D eigenvalue weighted by Crippen LogP contribution is -2.25. The summed E-state index contributed by atoms with van der Waals surface area (Å²) in [4.78, 5) is 0. The minimum Gasteiger partial charge on any atom is -0.198 e. The second-order valence-electron chi connectivity index (χ2n) is 12.1. The third-order valence-electron chi connectivity index (χ3n) is 7.75. The number of hydrogen-bond donors (Lipinski definition) is 0. The Balaban J connectivity index is 0.000000360. The molecule has 2 aliphatic carbocycles. The van der Waals surface area contributed by atoms with E-state index in [0.29, 0.717) is 28.7 Å². The van der Waals surface area contributed by atoms with Crippen LogP contribution in [0.15, 0.2) is 11.1 Å². The van der Waals surface area contributed by atoms with E-state index in [1.165, 1.54) is 0 Å². The van der Waals surface area contributed by atoms with Gasteiger partial charge in [0.2, 0.25) is 0 Å². The summed E-state index contributed by atoms with van der Waals surface area (Å²) in [6, 6.07) is 4.32. The molecule has 1 atom stereocenters. The summed E-state index contributed by atoms with van der Waals surface area (Å²) in [5, 5.41) is 18.2. The average molecular weight is 521 g/mol. The molecule has 2 nitrogen and oxygen atoms in total. The van der Waals surface area contributed by atoms with Crippen LogP contribution in [0.1, 0.15) is 118 Å². The van der Waals surface area contributed by atoms with Crippen LogP contribution in [0.5, 0.6) is 0 Å². The molecule has 206 valence electrons. The zero-order valence-electron chi connectivity index (χ0n) is 22.2. The molecule has 8 heteroatoms. The van der Waals surface area contributed by atoms with Crippen LogP contribution in [0, 0.1) is 45.3 Å². The zero-order valence-corrected chi connectivity index (χ0v) is 22.2. The summed E-state index contributed by atoms with van der Waals surface area (Å²) in [5.74, 6) is 0.111. The Morgan fingerprint density at radius 1 is 0.833 bits per heavy atom. The summed E-state index contributed by atoms with van der Waals surface area (Å²) in [6.45, 7) is 8.82. The zero-order chi connectivity index (χ0) is 27.6. The Labute approximate surface area is 213 Å². The molecular formula is C28H42F6N2. The van der Waals surface area contributed by atoms with Gasteiger partial charge >= 0.3 is 12.4 Å². The van der Waals surface area contributed by atoms with Gasteiger partial charge in [-0.1, -0.05) is 33.3 Å². The van der Waals surface area contributed by atoms with Gasteiger partial charge in [0, 0.05) is 24.3 Å². The van der Waals surface area contributed by atoms with Crippen LogP contribution in [-0.4, -0.2) is 12.4 Å². The van der Waals surface area contributed by atoms with Gasteiger partial charge in [0.1, 0.15) is 0 Å². The molecule has 0 aliphatic heterocycles. The standard InChI is InChI=1S/C14H22F3N.C14H20F3N/c2*1-13(2)8-5-11(6-9-13)12(10-18)4-3-7-14(15,16)17/h11-12H,3-9H2,1-2H3;3-9H2,1-2H3. The quantitative estimate of drug-likeness (QED) is 0.248. The molecule has 2 saturated carbocycles. The Hall–Kier alpha value is -1.70. The third kappa shape index (κ3) is 13.6. The van der Waals surface area contributed by atoms with E-state index in [4.69, 9.17) is 10.5 Å². The average Bonchev–Trinajstić information content (AvgIpc) is 2.74. The first-order valence-electron chi connectivity index (χ1n) is 13.1. The fraction of sp³-hybridized carbons (Fsp3) is 0.857. The van der Waals surface area contributed by atoms with E-state index in [9.17, 15) is 26.3 Å². The lowest BCUT2D eigenvalue weighted by Gasteiger charge is -2.36. The number of nitrogens with zero attached hydrogens (tertiary/aromatic N) is 2. The highest BCUT2D eigenvalue weighted by Crippen LogP contribution is 2.42. The molecule has 0 saturated heterocycles. The molecule has 2 fully saturated rings. The molecule has 0 aromatic heterocycles. The Kier molecular flexibility index (Phi) is 12.3. The van der Waals surface area contributed by atoms with Gasteiger partial charge in [0.15, 0.2) is 0 Å². The maximum absolute atomic E-state index is 12.1. The van der Waals surface area contributed by atoms with Crippen LogP contribution in [0.2, 0.25) is 0 Å². The van der Waals surface area contributed by atoms with Gasteiger partial charge in [-0.15, -0.1) is 0 Å². The molecule has 0 bridgehead atoms. The van der Waals surface area contributed by atoms with E-state index >= 15 is 0 Å². The van der Waals surface area contributed by atoms with E-state index in [1.54, 1.807) is 0 Å². The van der Waals surface area contributed by atoms with E-state index in [0.717, 1.165) is 56.9 Å². The van der Waals surface area contributed by atoms with Crippen molar-refractivity contribution >= 4 is 0 Å². The van der Waals surface area contributed by atoms with Gasteiger partial charge < -0.3 is 0 Å². The SMILES string of the molecule is CC1(C)CCC(=C(C#N)CCCC(F)(F)F)CC1.CC1(C)CCC(C(C#N)CCCC(F)(F)F)CC1. The summed E-state index contributed by atoms with van der Waals surface area (Å²) in [6.07, 6.45) is -1.09. The number of alkyl halides is 6. The molecule has 0 aromatic rings. The second kappa shape index (κ2) is 13.7. The predicted octanol–water partition coefficient (Wildman–Crippen LogP) is 10.2. The van der Waals surface area contributed by atoms with Crippen molar-refractivity contribution in [1.29, 1.82) is 10.5 Å². The summed E-state index contributed by atoms with van der Waals surface area (Å²) >= 11 is 0. The Bertz CT molecular complexity index is 771. The summed E-state index contributed by atoms with van der Waals surface area (Å²) in [7, 11) is 0. The number of nitriles is 2. The molecule has 2 aliphatic rings. The van der Waals surface area contributed by atoms with Crippen molar-refractivity contribution in [3.05, 3.63) is 11.1 Å². The Morgan fingerprint density at radius 2 is 1.31 bits per heavy atom. The molecule has 0 radical (unpaired) electrons. The van der Waals surface area contributed by atoms with Crippen molar-refractivity contribution in [1.82, 2.24) is 0 Å². The van der Waals surface area contributed by atoms with Crippen LogP contribution < -0.4 is 0 Å². The maximum atomic E-state index is 12.1. The van der Waals surface area contributed by atoms with Gasteiger partial charge in [-0.2, -0.15) is 36.9 Å². The topological polar surface area (TPSA) is 47.6 Å². The predicted molar refractivity (Wildman–Crippen MR) is 130 cm³/mol. The van der Waals surface area contributed by atoms with Crippen LogP contribution >= 0.6 is 0 Å². The molecule has 36 heavy (non-hydrogen) atoms. The van der Waals surface area contributed by atoms with Gasteiger partial charge in [-0.05, 0) is 93.8 Å². The molecule has 0 aromatic carbocycles. The van der Waals surface area contributed by atoms with Crippen molar-refractivity contribution in [3.8, 4) is 12.1 Å². The first-order chi connectivity index (χ1) is 16.5. The van der Waals surface area contributed by atoms with E-state index in [-0.39, 0.29) is 25.2 Å². The van der Waals surface area contributed by atoms with Crippen molar-refractivity contribution in [2.45, 2.75) is 130 Å². The Morgan fingerprint density at radius 3 is 1.75 bits per heavy atom. The largest absolute Gasteiger partial charge is 0.389 e. The van der Waals surface area contributed by atoms with Crippen LogP contribution in [-0.2, 0) is 0 Å². The third-order valence-corrected chi connectivity index (χ3v) is 7.75. The lowest BCUT2D eigenvalue weighted by atomic mass is 9.69. The summed E-state index contributed by atoms with van der Waals surface area (Å²) < 4.78 is 72.4. The van der Waals surface area contributed by atoms with Crippen molar-refractivity contribution in [2.24, 2.45) is 22.7 Å². The smallest absolute Gasteiger partial charge is 0.198 e. The number of allylic oxidation sites excluding steroid dienone is 2. The highest BCUT2D eigenvalue weighted by molar-refractivity contribution is 5.29. The minimum atomic E-state index is -4.11. The number of rotatable bonds is 7. The second-order valence-corrected chi connectivity index (χ2v) is 12.1. The van der Waals surface area contributed by atoms with Crippen LogP contribution in [0.3, 0.4) is 0 Å². The van der Waals surface area contributed by atoms with Crippen molar-refractivity contribution < 1.29 is 26.3 Å². The van der Waals surface area contributed by atoms with E-state index in [1.807, 2.05) is 0 Å². The van der Waals surface area contributed by atoms with Gasteiger partial charge in [-0.25, -0.2) is 0 Å². The van der Waals surface area contributed by atoms with Gasteiger partial charge in [0.05, 0.1) is 12.1 Å². The molecule has 0 amide bonds. The highest BCUT2D eigenvalue weighted by atomic mass is 19.4. The molecule has 2 rings (SSSR count). The van der Waals surface area contributed by atoms with Crippen molar-refractivity contribution in [3.63, 3.8) is 0 Å². The lowest BCUT2D eigenvalue weighted by molar-refractivity contribution is -0.136. The summed E-state index contributed by atoms with van der Waals surface area (Å²) in [5.41, 5.74) is 2.31. The monoisotopic (exact) mass is 520 g/mol. The van der Waals surface area contributed by atoms with Crippen LogP contribution in [0.25, 0.3) is 0 Å². The highest BCUT2D eigenvalue weighted by Gasteiger charge is 2.33. The normalized spacial score (nSPS) is 20.9. The molecular weight excluding hydrogens is 478 g/mol. The molecule has 0 N–H and O–H groups in total. The first-order valence-corrected chi connectivity index (χ1v) is 13.1. The first kappa shape index (κ1) is 32.3.